The van der Waals surface area contributed by atoms with Gasteiger partial charge in [-0.1, -0.05) is 6.07 Å². The van der Waals surface area contributed by atoms with E-state index in [2.05, 4.69) is 4.72 Å². The van der Waals surface area contributed by atoms with Crippen LogP contribution in [0.15, 0.2) is 48.8 Å². The third-order valence-corrected chi connectivity index (χ3v) is 5.34. The first-order valence-corrected chi connectivity index (χ1v) is 8.97. The van der Waals surface area contributed by atoms with E-state index >= 15 is 0 Å². The van der Waals surface area contributed by atoms with Crippen LogP contribution in [-0.2, 0) is 15.0 Å². The first-order valence-electron chi connectivity index (χ1n) is 7.53. The van der Waals surface area contributed by atoms with Crippen molar-refractivity contribution in [2.24, 2.45) is 0 Å². The van der Waals surface area contributed by atoms with E-state index in [1.165, 1.54) is 0 Å². The Kier molecular flexibility index (Phi) is 4.50. The van der Waals surface area contributed by atoms with Gasteiger partial charge in [-0.2, -0.15) is 12.7 Å². The van der Waals surface area contributed by atoms with Gasteiger partial charge >= 0.3 is 10.2 Å². The molecule has 1 saturated heterocycles. The molecule has 0 radical (unpaired) electrons. The molecule has 1 fully saturated rings. The number of nitrogens with one attached hydrogen (secondary N) is 1. The van der Waals surface area contributed by atoms with Crippen molar-refractivity contribution in [3.8, 4) is 5.69 Å². The highest BCUT2D eigenvalue weighted by Crippen LogP contribution is 2.13. The molecule has 3 rings (SSSR count). The van der Waals surface area contributed by atoms with Gasteiger partial charge in [0, 0.05) is 49.6 Å². The van der Waals surface area contributed by atoms with E-state index in [0.29, 0.717) is 0 Å². The maximum absolute atomic E-state index is 12.3. The van der Waals surface area contributed by atoms with Crippen LogP contribution in [0.3, 0.4) is 0 Å². The number of aromatic nitrogens is 1. The van der Waals surface area contributed by atoms with Crippen molar-refractivity contribution in [3.63, 3.8) is 0 Å². The summed E-state index contributed by atoms with van der Waals surface area (Å²) in [7, 11) is -3.95. The first-order chi connectivity index (χ1) is 11.5. The van der Waals surface area contributed by atoms with E-state index in [4.69, 9.17) is 0 Å². The molecule has 0 aliphatic carbocycles. The van der Waals surface area contributed by atoms with E-state index < -0.39 is 16.1 Å². The molecule has 1 aliphatic rings. The summed E-state index contributed by atoms with van der Waals surface area (Å²) in [6.45, 7) is 0.204. The van der Waals surface area contributed by atoms with Crippen LogP contribution in [0, 0.1) is 0 Å². The Bertz CT molecular complexity index is 849. The standard InChI is InChI=1S/C16H17N3O4S/c20-15-6-10-19(11-7-15)24(22,23)17-16(21)13-4-3-5-14(12-13)18-8-1-2-9-18/h1-5,8-9,12H,6-7,10-11H2,(H,17,21). The molecule has 0 unspecified atom stereocenters. The van der Waals surface area contributed by atoms with Gasteiger partial charge in [-0.15, -0.1) is 0 Å². The minimum Gasteiger partial charge on any atom is -0.324 e. The quantitative estimate of drug-likeness (QED) is 0.897. The monoisotopic (exact) mass is 347 g/mol. The van der Waals surface area contributed by atoms with Gasteiger partial charge in [0.2, 0.25) is 0 Å². The maximum Gasteiger partial charge on any atom is 0.304 e. The Labute approximate surface area is 140 Å². The number of rotatable bonds is 4. The van der Waals surface area contributed by atoms with Crippen LogP contribution in [0.4, 0.5) is 0 Å². The fourth-order valence-corrected chi connectivity index (χ4v) is 3.68. The molecule has 1 amide bonds. The molecular weight excluding hydrogens is 330 g/mol. The lowest BCUT2D eigenvalue weighted by molar-refractivity contribution is -0.120. The second-order valence-corrected chi connectivity index (χ2v) is 7.19. The summed E-state index contributed by atoms with van der Waals surface area (Å²) in [6.07, 6.45) is 4.02. The molecule has 1 aromatic carbocycles. The lowest BCUT2D eigenvalue weighted by Gasteiger charge is -2.25. The zero-order valence-corrected chi connectivity index (χ0v) is 13.7. The van der Waals surface area contributed by atoms with Crippen LogP contribution in [0.5, 0.6) is 0 Å². The lowest BCUT2D eigenvalue weighted by Crippen LogP contribution is -2.47. The van der Waals surface area contributed by atoms with Crippen LogP contribution < -0.4 is 4.72 Å². The molecule has 2 aromatic rings. The number of amides is 1. The van der Waals surface area contributed by atoms with Gasteiger partial charge in [0.15, 0.2) is 0 Å². The van der Waals surface area contributed by atoms with Crippen molar-refractivity contribution >= 4 is 21.9 Å². The first kappa shape index (κ1) is 16.4. The summed E-state index contributed by atoms with van der Waals surface area (Å²) >= 11 is 0. The number of hydrogen-bond donors (Lipinski definition) is 1. The van der Waals surface area contributed by atoms with Crippen LogP contribution >= 0.6 is 0 Å². The number of carbonyl (C=O) groups is 2. The van der Waals surface area contributed by atoms with Gasteiger partial charge < -0.3 is 4.57 Å². The van der Waals surface area contributed by atoms with Crippen molar-refractivity contribution in [1.29, 1.82) is 0 Å². The Morgan fingerprint density at radius 3 is 2.38 bits per heavy atom. The lowest BCUT2D eigenvalue weighted by atomic mass is 10.1. The number of Topliss-reactive ketones (excluding diaryl/α,β-unsaturated/α-hetero) is 1. The van der Waals surface area contributed by atoms with Gasteiger partial charge in [0.25, 0.3) is 5.91 Å². The van der Waals surface area contributed by atoms with Gasteiger partial charge in [-0.25, -0.2) is 4.72 Å². The second kappa shape index (κ2) is 6.58. The average molecular weight is 347 g/mol. The number of piperidine rings is 1. The fourth-order valence-electron chi connectivity index (χ4n) is 2.53. The Morgan fingerprint density at radius 1 is 1.04 bits per heavy atom. The predicted molar refractivity (Wildman–Crippen MR) is 88.0 cm³/mol. The van der Waals surface area contributed by atoms with Gasteiger partial charge in [0.1, 0.15) is 5.78 Å². The van der Waals surface area contributed by atoms with Crippen molar-refractivity contribution in [3.05, 3.63) is 54.4 Å². The number of ketones is 1. The molecule has 24 heavy (non-hydrogen) atoms. The summed E-state index contributed by atoms with van der Waals surface area (Å²) < 4.78 is 29.6. The second-order valence-electron chi connectivity index (χ2n) is 5.51. The minimum absolute atomic E-state index is 0.0344. The number of nitrogens with zero attached hydrogens (tertiary/aromatic N) is 2. The van der Waals surface area contributed by atoms with Crippen molar-refractivity contribution in [2.75, 3.05) is 13.1 Å². The summed E-state index contributed by atoms with van der Waals surface area (Å²) in [5, 5.41) is 0. The van der Waals surface area contributed by atoms with Crippen molar-refractivity contribution in [1.82, 2.24) is 13.6 Å². The fraction of sp³-hybridized carbons (Fsp3) is 0.250. The van der Waals surface area contributed by atoms with Crippen LogP contribution in [0.2, 0.25) is 0 Å². The normalized spacial score (nSPS) is 16.1. The summed E-state index contributed by atoms with van der Waals surface area (Å²) in [5.41, 5.74) is 1.01. The molecule has 126 valence electrons. The SMILES string of the molecule is O=C1CCN(S(=O)(=O)NC(=O)c2cccc(-n3cccc3)c2)CC1. The largest absolute Gasteiger partial charge is 0.324 e. The van der Waals surface area contributed by atoms with Crippen LogP contribution in [-0.4, -0.2) is 42.1 Å². The average Bonchev–Trinajstić information content (AvgIpc) is 3.09. The predicted octanol–water partition coefficient (Wildman–Crippen LogP) is 1.12. The van der Waals surface area contributed by atoms with Gasteiger partial charge in [0.05, 0.1) is 0 Å². The van der Waals surface area contributed by atoms with E-state index in [1.807, 2.05) is 35.2 Å². The summed E-state index contributed by atoms with van der Waals surface area (Å²) in [5.74, 6) is -0.659. The Balaban J connectivity index is 1.75. The number of carbonyl (C=O) groups excluding carboxylic acids is 2. The topological polar surface area (TPSA) is 88.5 Å². The zero-order valence-electron chi connectivity index (χ0n) is 12.9. The van der Waals surface area contributed by atoms with Gasteiger partial charge in [-0.3, -0.25) is 9.59 Å². The van der Waals surface area contributed by atoms with Gasteiger partial charge in [-0.05, 0) is 30.3 Å². The highest BCUT2D eigenvalue weighted by atomic mass is 32.2. The number of hydrogen-bond acceptors (Lipinski definition) is 4. The Morgan fingerprint density at radius 2 is 1.71 bits per heavy atom. The molecule has 0 spiro atoms. The highest BCUT2D eigenvalue weighted by Gasteiger charge is 2.28. The summed E-state index contributed by atoms with van der Waals surface area (Å²) in [6, 6.07) is 10.4. The molecule has 0 saturated carbocycles. The van der Waals surface area contributed by atoms with E-state index in [0.717, 1.165) is 9.99 Å². The van der Waals surface area contributed by atoms with E-state index in [9.17, 15) is 18.0 Å². The van der Waals surface area contributed by atoms with E-state index in [1.54, 1.807) is 18.2 Å². The van der Waals surface area contributed by atoms with Crippen LogP contribution in [0.1, 0.15) is 23.2 Å². The smallest absolute Gasteiger partial charge is 0.304 e. The molecule has 1 aliphatic heterocycles. The third-order valence-electron chi connectivity index (χ3n) is 3.85. The molecule has 0 bridgehead atoms. The molecular formula is C16H17N3O4S. The summed E-state index contributed by atoms with van der Waals surface area (Å²) in [4.78, 5) is 23.5. The third kappa shape index (κ3) is 3.55. The zero-order chi connectivity index (χ0) is 17.2. The minimum atomic E-state index is -3.95. The van der Waals surface area contributed by atoms with Crippen molar-refractivity contribution in [2.45, 2.75) is 12.8 Å². The van der Waals surface area contributed by atoms with Crippen LogP contribution in [0.25, 0.3) is 5.69 Å². The van der Waals surface area contributed by atoms with Crippen molar-refractivity contribution < 1.29 is 18.0 Å². The molecule has 8 heteroatoms. The van der Waals surface area contributed by atoms with E-state index in [-0.39, 0.29) is 37.3 Å². The number of benzene rings is 1. The highest BCUT2D eigenvalue weighted by molar-refractivity contribution is 7.87. The molecule has 1 aromatic heterocycles. The Hall–Kier alpha value is -2.45. The molecule has 0 atom stereocenters. The molecule has 2 heterocycles. The maximum atomic E-state index is 12.3. The molecule has 7 nitrogen and oxygen atoms in total. The molecule has 1 N–H and O–H groups in total.